The number of hydrogen-bond donors (Lipinski definition) is 3. The van der Waals surface area contributed by atoms with Gasteiger partial charge in [-0.1, -0.05) is 6.07 Å². The van der Waals surface area contributed by atoms with E-state index in [0.29, 0.717) is 11.3 Å². The lowest BCUT2D eigenvalue weighted by atomic mass is 10.2. The molecule has 0 heterocycles. The van der Waals surface area contributed by atoms with Crippen molar-refractivity contribution >= 4 is 23.4 Å². The predicted octanol–water partition coefficient (Wildman–Crippen LogP) is 1.29. The van der Waals surface area contributed by atoms with Crippen molar-refractivity contribution < 1.29 is 18.8 Å². The molecule has 0 aliphatic heterocycles. The van der Waals surface area contributed by atoms with Crippen molar-refractivity contribution in [3.05, 3.63) is 65.5 Å². The summed E-state index contributed by atoms with van der Waals surface area (Å²) in [5.74, 6) is -2.10. The molecule has 4 N–H and O–H groups in total. The highest BCUT2D eigenvalue weighted by molar-refractivity contribution is 5.99. The predicted molar refractivity (Wildman–Crippen MR) is 82.3 cm³/mol. The highest BCUT2D eigenvalue weighted by atomic mass is 19.1. The molecule has 7 heteroatoms. The fourth-order valence-corrected chi connectivity index (χ4v) is 1.82. The Morgan fingerprint density at radius 3 is 2.30 bits per heavy atom. The van der Waals surface area contributed by atoms with Gasteiger partial charge < -0.3 is 16.4 Å². The monoisotopic (exact) mass is 315 g/mol. The van der Waals surface area contributed by atoms with Gasteiger partial charge in [-0.15, -0.1) is 0 Å². The van der Waals surface area contributed by atoms with Crippen molar-refractivity contribution in [3.8, 4) is 0 Å². The summed E-state index contributed by atoms with van der Waals surface area (Å²) in [4.78, 5) is 34.4. The molecule has 0 saturated carbocycles. The summed E-state index contributed by atoms with van der Waals surface area (Å²) >= 11 is 0. The molecule has 0 aliphatic carbocycles. The molecule has 0 atom stereocenters. The molecule has 2 aromatic rings. The lowest BCUT2D eigenvalue weighted by Gasteiger charge is -2.07. The topological polar surface area (TPSA) is 101 Å². The minimum absolute atomic E-state index is 0.128. The van der Waals surface area contributed by atoms with Crippen LogP contribution in [0.3, 0.4) is 0 Å². The van der Waals surface area contributed by atoms with Crippen LogP contribution in [-0.2, 0) is 4.79 Å². The largest absolute Gasteiger partial charge is 0.366 e. The fourth-order valence-electron chi connectivity index (χ4n) is 1.82. The standard InChI is InChI=1S/C16H14FN3O3/c17-12-3-1-2-11(8-12)16(23)19-9-14(21)20-13-6-4-10(5-7-13)15(18)22/h1-8H,9H2,(H2,18,22)(H,19,23)(H,20,21). The van der Waals surface area contributed by atoms with Gasteiger partial charge in [0.25, 0.3) is 5.91 Å². The SMILES string of the molecule is NC(=O)c1ccc(NC(=O)CNC(=O)c2cccc(F)c2)cc1. The van der Waals surface area contributed by atoms with Gasteiger partial charge in [0.2, 0.25) is 11.8 Å². The first-order valence-electron chi connectivity index (χ1n) is 6.69. The van der Waals surface area contributed by atoms with Gasteiger partial charge in [0.1, 0.15) is 5.82 Å². The third kappa shape index (κ3) is 4.63. The van der Waals surface area contributed by atoms with E-state index in [1.54, 1.807) is 0 Å². The van der Waals surface area contributed by atoms with E-state index in [4.69, 9.17) is 5.73 Å². The maximum absolute atomic E-state index is 13.0. The summed E-state index contributed by atoms with van der Waals surface area (Å²) in [6.45, 7) is -0.271. The molecular weight excluding hydrogens is 301 g/mol. The Balaban J connectivity index is 1.87. The van der Waals surface area contributed by atoms with Crippen LogP contribution in [0, 0.1) is 5.82 Å². The number of anilines is 1. The van der Waals surface area contributed by atoms with Crippen LogP contribution in [-0.4, -0.2) is 24.3 Å². The van der Waals surface area contributed by atoms with Crippen LogP contribution in [0.15, 0.2) is 48.5 Å². The number of carbonyl (C=O) groups is 3. The summed E-state index contributed by atoms with van der Waals surface area (Å²) in [7, 11) is 0. The Kier molecular flexibility index (Phi) is 5.03. The third-order valence-electron chi connectivity index (χ3n) is 2.95. The number of carbonyl (C=O) groups excluding carboxylic acids is 3. The minimum Gasteiger partial charge on any atom is -0.366 e. The summed E-state index contributed by atoms with van der Waals surface area (Å²) in [6, 6.07) is 11.1. The zero-order valence-electron chi connectivity index (χ0n) is 12.0. The van der Waals surface area contributed by atoms with Crippen molar-refractivity contribution in [1.82, 2.24) is 5.32 Å². The molecule has 0 aliphatic rings. The summed E-state index contributed by atoms with van der Waals surface area (Å²) in [5, 5.41) is 4.93. The summed E-state index contributed by atoms with van der Waals surface area (Å²) < 4.78 is 13.0. The minimum atomic E-state index is -0.565. The van der Waals surface area contributed by atoms with E-state index >= 15 is 0 Å². The second-order valence-electron chi connectivity index (χ2n) is 4.68. The lowest BCUT2D eigenvalue weighted by Crippen LogP contribution is -2.32. The molecule has 23 heavy (non-hydrogen) atoms. The first kappa shape index (κ1) is 16.2. The van der Waals surface area contributed by atoms with E-state index in [0.717, 1.165) is 6.07 Å². The van der Waals surface area contributed by atoms with Crippen LogP contribution in [0.25, 0.3) is 0 Å². The first-order chi connectivity index (χ1) is 11.0. The van der Waals surface area contributed by atoms with Gasteiger partial charge >= 0.3 is 0 Å². The van der Waals surface area contributed by atoms with Crippen LogP contribution in [0.2, 0.25) is 0 Å². The molecule has 0 radical (unpaired) electrons. The number of rotatable bonds is 5. The fraction of sp³-hybridized carbons (Fsp3) is 0.0625. The Hall–Kier alpha value is -3.22. The number of primary amides is 1. The Morgan fingerprint density at radius 2 is 1.70 bits per heavy atom. The van der Waals surface area contributed by atoms with Crippen LogP contribution in [0.4, 0.5) is 10.1 Å². The van der Waals surface area contributed by atoms with E-state index in [1.165, 1.54) is 42.5 Å². The number of nitrogens with one attached hydrogen (secondary N) is 2. The van der Waals surface area contributed by atoms with Crippen LogP contribution >= 0.6 is 0 Å². The molecule has 0 spiro atoms. The maximum atomic E-state index is 13.0. The lowest BCUT2D eigenvalue weighted by molar-refractivity contribution is -0.115. The van der Waals surface area contributed by atoms with E-state index < -0.39 is 23.5 Å². The third-order valence-corrected chi connectivity index (χ3v) is 2.95. The molecule has 2 rings (SSSR count). The van der Waals surface area contributed by atoms with Gasteiger partial charge in [-0.2, -0.15) is 0 Å². The molecule has 0 fully saturated rings. The number of halogens is 1. The van der Waals surface area contributed by atoms with E-state index in [1.807, 2.05) is 0 Å². The van der Waals surface area contributed by atoms with Gasteiger partial charge in [0.15, 0.2) is 0 Å². The van der Waals surface area contributed by atoms with Gasteiger partial charge in [-0.05, 0) is 42.5 Å². The van der Waals surface area contributed by atoms with Gasteiger partial charge in [0, 0.05) is 16.8 Å². The average Bonchev–Trinajstić information content (AvgIpc) is 2.53. The zero-order valence-corrected chi connectivity index (χ0v) is 12.0. The molecule has 0 bridgehead atoms. The molecular formula is C16H14FN3O3. The summed E-state index contributed by atoms with van der Waals surface area (Å²) in [6.07, 6.45) is 0. The van der Waals surface area contributed by atoms with Gasteiger partial charge in [-0.3, -0.25) is 14.4 Å². The van der Waals surface area contributed by atoms with Crippen molar-refractivity contribution in [1.29, 1.82) is 0 Å². The van der Waals surface area contributed by atoms with E-state index in [-0.39, 0.29) is 12.1 Å². The molecule has 6 nitrogen and oxygen atoms in total. The van der Waals surface area contributed by atoms with Gasteiger partial charge in [0.05, 0.1) is 6.54 Å². The number of nitrogens with two attached hydrogens (primary N) is 1. The number of hydrogen-bond acceptors (Lipinski definition) is 3. The average molecular weight is 315 g/mol. The maximum Gasteiger partial charge on any atom is 0.251 e. The van der Waals surface area contributed by atoms with Crippen LogP contribution in [0.5, 0.6) is 0 Å². The van der Waals surface area contributed by atoms with Crippen molar-refractivity contribution in [3.63, 3.8) is 0 Å². The second kappa shape index (κ2) is 7.17. The quantitative estimate of drug-likeness (QED) is 0.775. The molecule has 0 unspecified atom stereocenters. The Labute approximate surface area is 131 Å². The number of amides is 3. The first-order valence-corrected chi connectivity index (χ1v) is 6.69. The Bertz CT molecular complexity index is 744. The van der Waals surface area contributed by atoms with Crippen molar-refractivity contribution in [2.45, 2.75) is 0 Å². The van der Waals surface area contributed by atoms with Crippen molar-refractivity contribution in [2.24, 2.45) is 5.73 Å². The zero-order chi connectivity index (χ0) is 16.8. The highest BCUT2D eigenvalue weighted by Crippen LogP contribution is 2.09. The molecule has 118 valence electrons. The molecule has 3 amide bonds. The number of benzene rings is 2. The van der Waals surface area contributed by atoms with Crippen molar-refractivity contribution in [2.75, 3.05) is 11.9 Å². The summed E-state index contributed by atoms with van der Waals surface area (Å²) in [5.41, 5.74) is 6.02. The molecule has 0 aromatic heterocycles. The van der Waals surface area contributed by atoms with Crippen LogP contribution in [0.1, 0.15) is 20.7 Å². The molecule has 0 saturated heterocycles. The molecule has 2 aromatic carbocycles. The van der Waals surface area contributed by atoms with Crippen LogP contribution < -0.4 is 16.4 Å². The second-order valence-corrected chi connectivity index (χ2v) is 4.68. The highest BCUT2D eigenvalue weighted by Gasteiger charge is 2.09. The van der Waals surface area contributed by atoms with E-state index in [9.17, 15) is 18.8 Å². The van der Waals surface area contributed by atoms with E-state index in [2.05, 4.69) is 10.6 Å². The normalized spacial score (nSPS) is 9.96. The van der Waals surface area contributed by atoms with Gasteiger partial charge in [-0.25, -0.2) is 4.39 Å². The smallest absolute Gasteiger partial charge is 0.251 e. The Morgan fingerprint density at radius 1 is 1.00 bits per heavy atom.